The molecule has 0 aliphatic carbocycles. The molecule has 0 amide bonds. The fourth-order valence-electron chi connectivity index (χ4n) is 3.45. The SMILES string of the molecule is Cc1ccc(C2=NC(N)(C(C)(C)C)Nc3c(Nc4cccc(CO[Si](C)(C)C(C)(C)C)n4)cnn32)o1. The lowest BCUT2D eigenvalue weighted by molar-refractivity contribution is 0.224. The first kappa shape index (κ1) is 26.1. The van der Waals surface area contributed by atoms with E-state index in [0.29, 0.717) is 29.8 Å². The van der Waals surface area contributed by atoms with Crippen LogP contribution in [0.4, 0.5) is 17.3 Å². The average molecular weight is 510 g/mol. The Balaban J connectivity index is 1.64. The summed E-state index contributed by atoms with van der Waals surface area (Å²) in [4.78, 5) is 9.63. The number of nitrogens with two attached hydrogens (primary N) is 1. The van der Waals surface area contributed by atoms with Crippen molar-refractivity contribution in [3.8, 4) is 0 Å². The third-order valence-corrected chi connectivity index (χ3v) is 11.6. The van der Waals surface area contributed by atoms with Crippen molar-refractivity contribution in [1.29, 1.82) is 0 Å². The van der Waals surface area contributed by atoms with E-state index >= 15 is 0 Å². The van der Waals surface area contributed by atoms with Crippen LogP contribution in [-0.4, -0.2) is 34.7 Å². The molecule has 0 radical (unpaired) electrons. The van der Waals surface area contributed by atoms with E-state index < -0.39 is 19.5 Å². The van der Waals surface area contributed by atoms with Gasteiger partial charge in [-0.15, -0.1) is 0 Å². The normalized spacial score (nSPS) is 18.4. The van der Waals surface area contributed by atoms with Gasteiger partial charge in [-0.3, -0.25) is 5.73 Å². The van der Waals surface area contributed by atoms with Gasteiger partial charge < -0.3 is 19.5 Å². The maximum atomic E-state index is 6.81. The molecular weight excluding hydrogens is 470 g/mol. The molecule has 0 saturated heterocycles. The molecule has 9 nitrogen and oxygen atoms in total. The molecule has 194 valence electrons. The molecule has 0 bridgehead atoms. The van der Waals surface area contributed by atoms with E-state index in [1.165, 1.54) is 0 Å². The number of hydrogen-bond donors (Lipinski definition) is 3. The molecule has 0 aromatic carbocycles. The second-order valence-electron chi connectivity index (χ2n) is 12.0. The molecule has 1 unspecified atom stereocenters. The number of pyridine rings is 1. The van der Waals surface area contributed by atoms with Gasteiger partial charge in [-0.2, -0.15) is 9.78 Å². The molecule has 36 heavy (non-hydrogen) atoms. The van der Waals surface area contributed by atoms with Crippen molar-refractivity contribution in [3.63, 3.8) is 0 Å². The van der Waals surface area contributed by atoms with E-state index in [-0.39, 0.29) is 5.04 Å². The molecule has 10 heteroatoms. The summed E-state index contributed by atoms with van der Waals surface area (Å²) in [5.74, 6) is 2.25. The Morgan fingerprint density at radius 1 is 1.14 bits per heavy atom. The second kappa shape index (κ2) is 8.86. The fraction of sp³-hybridized carbons (Fsp3) is 0.500. The molecule has 1 aliphatic heterocycles. The number of nitrogens with one attached hydrogen (secondary N) is 2. The van der Waals surface area contributed by atoms with Gasteiger partial charge in [0.1, 0.15) is 17.3 Å². The predicted octanol–water partition coefficient (Wildman–Crippen LogP) is 5.82. The standard InChI is InChI=1S/C26H39N7O2Si/c1-17-13-14-20(35-17)23-32-26(27,24(2,3)4)31-22-19(15-28-33(22)23)30-21-12-10-11-18(29-21)16-34-36(8,9)25(5,6)7/h10-15,31H,16,27H2,1-9H3,(H,29,30). The van der Waals surface area contributed by atoms with Gasteiger partial charge in [-0.1, -0.05) is 47.6 Å². The molecule has 0 saturated carbocycles. The van der Waals surface area contributed by atoms with Crippen LogP contribution in [0.5, 0.6) is 0 Å². The van der Waals surface area contributed by atoms with Crippen molar-refractivity contribution in [2.45, 2.75) is 79.0 Å². The predicted molar refractivity (Wildman–Crippen MR) is 147 cm³/mol. The highest BCUT2D eigenvalue weighted by molar-refractivity contribution is 6.74. The van der Waals surface area contributed by atoms with E-state index in [1.54, 1.807) is 10.9 Å². The van der Waals surface area contributed by atoms with Gasteiger partial charge in [0, 0.05) is 5.41 Å². The van der Waals surface area contributed by atoms with E-state index in [0.717, 1.165) is 17.1 Å². The van der Waals surface area contributed by atoms with E-state index in [1.807, 2.05) is 58.0 Å². The van der Waals surface area contributed by atoms with Crippen LogP contribution in [0.2, 0.25) is 18.1 Å². The Kier molecular flexibility index (Phi) is 6.43. The molecule has 0 fully saturated rings. The number of fused-ring (bicyclic) bond motifs is 1. The maximum Gasteiger partial charge on any atom is 0.197 e. The number of nitrogens with zero attached hydrogens (tertiary/aromatic N) is 4. The van der Waals surface area contributed by atoms with Crippen LogP contribution < -0.4 is 16.4 Å². The van der Waals surface area contributed by atoms with Gasteiger partial charge in [-0.05, 0) is 49.3 Å². The zero-order valence-corrected chi connectivity index (χ0v) is 23.9. The van der Waals surface area contributed by atoms with Crippen molar-refractivity contribution in [2.24, 2.45) is 16.1 Å². The van der Waals surface area contributed by atoms with Crippen LogP contribution in [0, 0.1) is 12.3 Å². The van der Waals surface area contributed by atoms with Crippen LogP contribution >= 0.6 is 0 Å². The quantitative estimate of drug-likeness (QED) is 0.358. The molecule has 1 aliphatic rings. The molecule has 4 heterocycles. The second-order valence-corrected chi connectivity index (χ2v) is 16.8. The highest BCUT2D eigenvalue weighted by Gasteiger charge is 2.44. The van der Waals surface area contributed by atoms with Crippen LogP contribution in [0.3, 0.4) is 0 Å². The smallest absolute Gasteiger partial charge is 0.197 e. The maximum absolute atomic E-state index is 6.81. The van der Waals surface area contributed by atoms with E-state index in [4.69, 9.17) is 24.6 Å². The van der Waals surface area contributed by atoms with Crippen LogP contribution in [0.25, 0.3) is 0 Å². The lowest BCUT2D eigenvalue weighted by atomic mass is 9.87. The minimum absolute atomic E-state index is 0.138. The van der Waals surface area contributed by atoms with Crippen molar-refractivity contribution < 1.29 is 8.84 Å². The minimum atomic E-state index is -1.88. The summed E-state index contributed by atoms with van der Waals surface area (Å²) in [5, 5.41) is 11.5. The van der Waals surface area contributed by atoms with Gasteiger partial charge in [0.15, 0.2) is 31.5 Å². The van der Waals surface area contributed by atoms with Crippen molar-refractivity contribution in [1.82, 2.24) is 14.8 Å². The summed E-state index contributed by atoms with van der Waals surface area (Å²) in [7, 11) is -1.88. The summed E-state index contributed by atoms with van der Waals surface area (Å²) in [6.45, 7) is 19.7. The number of furan rings is 1. The van der Waals surface area contributed by atoms with Gasteiger partial charge in [0.05, 0.1) is 18.5 Å². The van der Waals surface area contributed by atoms with E-state index in [9.17, 15) is 0 Å². The first-order chi connectivity index (χ1) is 16.6. The lowest BCUT2D eigenvalue weighted by Crippen LogP contribution is -2.59. The highest BCUT2D eigenvalue weighted by Crippen LogP contribution is 2.39. The molecule has 3 aromatic heterocycles. The van der Waals surface area contributed by atoms with Crippen LogP contribution in [-0.2, 0) is 11.0 Å². The highest BCUT2D eigenvalue weighted by atomic mass is 28.4. The number of aromatic nitrogens is 3. The fourth-order valence-corrected chi connectivity index (χ4v) is 4.39. The number of rotatable bonds is 6. The number of aliphatic imine (C=N–C) groups is 1. The Hall–Kier alpha value is -2.95. The largest absolute Gasteiger partial charge is 0.458 e. The van der Waals surface area contributed by atoms with Crippen molar-refractivity contribution in [3.05, 3.63) is 53.7 Å². The summed E-state index contributed by atoms with van der Waals surface area (Å²) in [5.41, 5.74) is 8.02. The number of aryl methyl sites for hydroxylation is 1. The van der Waals surface area contributed by atoms with Gasteiger partial charge in [0.2, 0.25) is 0 Å². The Bertz CT molecular complexity index is 1280. The Morgan fingerprint density at radius 2 is 1.86 bits per heavy atom. The first-order valence-corrected chi connectivity index (χ1v) is 15.2. The van der Waals surface area contributed by atoms with Gasteiger partial charge in [-0.25, -0.2) is 9.98 Å². The minimum Gasteiger partial charge on any atom is -0.458 e. The van der Waals surface area contributed by atoms with Gasteiger partial charge in [0.25, 0.3) is 0 Å². The topological polar surface area (TPSA) is 116 Å². The summed E-state index contributed by atoms with van der Waals surface area (Å²) in [6.07, 6.45) is 1.74. The van der Waals surface area contributed by atoms with Crippen LogP contribution in [0.15, 0.2) is 45.9 Å². The zero-order chi connectivity index (χ0) is 26.5. The first-order valence-electron chi connectivity index (χ1n) is 12.3. The van der Waals surface area contributed by atoms with E-state index in [2.05, 4.69) is 49.6 Å². The summed E-state index contributed by atoms with van der Waals surface area (Å²) >= 11 is 0. The zero-order valence-electron chi connectivity index (χ0n) is 22.9. The molecule has 3 aromatic rings. The lowest BCUT2D eigenvalue weighted by Gasteiger charge is -2.42. The van der Waals surface area contributed by atoms with Crippen molar-refractivity contribution in [2.75, 3.05) is 10.6 Å². The summed E-state index contributed by atoms with van der Waals surface area (Å²) < 4.78 is 14.0. The number of anilines is 3. The Morgan fingerprint density at radius 3 is 2.47 bits per heavy atom. The average Bonchev–Trinajstić information content (AvgIpc) is 3.37. The Labute approximate surface area is 214 Å². The molecule has 1 atom stereocenters. The monoisotopic (exact) mass is 509 g/mol. The molecular formula is C26H39N7O2Si. The van der Waals surface area contributed by atoms with Crippen molar-refractivity contribution >= 4 is 31.5 Å². The van der Waals surface area contributed by atoms with Crippen LogP contribution in [0.1, 0.15) is 58.8 Å². The molecule has 4 rings (SSSR count). The summed E-state index contributed by atoms with van der Waals surface area (Å²) in [6, 6.07) is 9.67. The number of hydrogen-bond acceptors (Lipinski definition) is 8. The molecule has 0 spiro atoms. The third kappa shape index (κ3) is 4.98. The molecule has 4 N–H and O–H groups in total. The third-order valence-electron chi connectivity index (χ3n) is 7.12. The van der Waals surface area contributed by atoms with Gasteiger partial charge >= 0.3 is 0 Å².